The number of hydrogen-bond donors (Lipinski definition) is 1. The summed E-state index contributed by atoms with van der Waals surface area (Å²) in [5.41, 5.74) is 13.0. The van der Waals surface area contributed by atoms with E-state index in [2.05, 4.69) is 49.4 Å². The topological polar surface area (TPSA) is 26.0 Å². The summed E-state index contributed by atoms with van der Waals surface area (Å²) < 4.78 is 0. The first-order valence-corrected chi connectivity index (χ1v) is 7.25. The average molecular weight is 251 g/mol. The highest BCUT2D eigenvalue weighted by molar-refractivity contribution is 5.65. The first-order chi connectivity index (χ1) is 9.28. The van der Waals surface area contributed by atoms with Crippen molar-refractivity contribution in [3.63, 3.8) is 0 Å². The fourth-order valence-electron chi connectivity index (χ4n) is 2.91. The van der Waals surface area contributed by atoms with Gasteiger partial charge in [0.15, 0.2) is 0 Å². The van der Waals surface area contributed by atoms with Crippen LogP contribution in [0, 0.1) is 0 Å². The Kier molecular flexibility index (Phi) is 3.39. The van der Waals surface area contributed by atoms with Gasteiger partial charge < -0.3 is 5.73 Å². The summed E-state index contributed by atoms with van der Waals surface area (Å²) in [7, 11) is 0. The Balaban J connectivity index is 1.90. The Hall–Kier alpha value is -1.60. The van der Waals surface area contributed by atoms with Gasteiger partial charge in [0.05, 0.1) is 0 Å². The van der Waals surface area contributed by atoms with Crippen molar-refractivity contribution in [2.75, 3.05) is 0 Å². The van der Waals surface area contributed by atoms with E-state index in [4.69, 9.17) is 5.73 Å². The minimum atomic E-state index is 0.161. The highest BCUT2D eigenvalue weighted by Gasteiger charge is 2.11. The van der Waals surface area contributed by atoms with Crippen molar-refractivity contribution in [3.8, 4) is 11.1 Å². The predicted octanol–water partition coefficient (Wildman–Crippen LogP) is 4.25. The molecule has 0 aliphatic heterocycles. The molecule has 1 aliphatic rings. The lowest BCUT2D eigenvalue weighted by Crippen LogP contribution is -2.08. The van der Waals surface area contributed by atoms with Crippen LogP contribution >= 0.6 is 0 Å². The van der Waals surface area contributed by atoms with Crippen LogP contribution in [0.4, 0.5) is 0 Å². The van der Waals surface area contributed by atoms with E-state index in [-0.39, 0.29) is 6.04 Å². The van der Waals surface area contributed by atoms with Crippen molar-refractivity contribution in [2.45, 2.75) is 38.6 Å². The second kappa shape index (κ2) is 5.18. The van der Waals surface area contributed by atoms with Crippen LogP contribution in [0.5, 0.6) is 0 Å². The first kappa shape index (κ1) is 12.4. The molecule has 1 aliphatic carbocycles. The Morgan fingerprint density at radius 2 is 1.63 bits per heavy atom. The highest BCUT2D eigenvalue weighted by atomic mass is 14.6. The van der Waals surface area contributed by atoms with E-state index in [0.29, 0.717) is 0 Å². The number of nitrogens with two attached hydrogens (primary N) is 1. The molecule has 1 nitrogen and oxygen atoms in total. The molecule has 1 heteroatoms. The fraction of sp³-hybridized carbons (Fsp3) is 0.333. The molecule has 0 aromatic heterocycles. The summed E-state index contributed by atoms with van der Waals surface area (Å²) >= 11 is 0. The van der Waals surface area contributed by atoms with Crippen LogP contribution in [-0.2, 0) is 12.8 Å². The van der Waals surface area contributed by atoms with Crippen LogP contribution in [0.3, 0.4) is 0 Å². The van der Waals surface area contributed by atoms with Crippen LogP contribution in [-0.4, -0.2) is 0 Å². The first-order valence-electron chi connectivity index (χ1n) is 7.25. The Labute approximate surface area is 115 Å². The smallest absolute Gasteiger partial charge is 0.0292 e. The van der Waals surface area contributed by atoms with Crippen molar-refractivity contribution in [1.29, 1.82) is 0 Å². The normalized spacial score (nSPS) is 15.3. The highest BCUT2D eigenvalue weighted by Crippen LogP contribution is 2.28. The van der Waals surface area contributed by atoms with Gasteiger partial charge in [-0.25, -0.2) is 0 Å². The summed E-state index contributed by atoms with van der Waals surface area (Å²) in [4.78, 5) is 0. The molecule has 1 unspecified atom stereocenters. The number of hydrogen-bond acceptors (Lipinski definition) is 1. The standard InChI is InChI=1S/C18H21N/c1-2-18(19)15-9-6-14(7-10-15)17-11-8-13-4-3-5-16(13)12-17/h6-12,18H,2-5,19H2,1H3. The molecule has 0 saturated heterocycles. The van der Waals surface area contributed by atoms with Crippen LogP contribution in [0.1, 0.15) is 42.5 Å². The van der Waals surface area contributed by atoms with Gasteiger partial charge in [-0.2, -0.15) is 0 Å². The Bertz CT molecular complexity index is 569. The lowest BCUT2D eigenvalue weighted by Gasteiger charge is -2.10. The van der Waals surface area contributed by atoms with E-state index in [9.17, 15) is 0 Å². The lowest BCUT2D eigenvalue weighted by atomic mass is 9.98. The minimum absolute atomic E-state index is 0.161. The van der Waals surface area contributed by atoms with Gasteiger partial charge in [-0.1, -0.05) is 49.4 Å². The Morgan fingerprint density at radius 1 is 0.947 bits per heavy atom. The van der Waals surface area contributed by atoms with Gasteiger partial charge in [0.2, 0.25) is 0 Å². The van der Waals surface area contributed by atoms with Gasteiger partial charge in [-0.15, -0.1) is 0 Å². The van der Waals surface area contributed by atoms with Crippen molar-refractivity contribution in [3.05, 3.63) is 59.2 Å². The lowest BCUT2D eigenvalue weighted by molar-refractivity contribution is 0.699. The molecule has 2 aromatic carbocycles. The molecule has 1 atom stereocenters. The van der Waals surface area contributed by atoms with E-state index in [1.807, 2.05) is 0 Å². The zero-order chi connectivity index (χ0) is 13.2. The SMILES string of the molecule is CCC(N)c1ccc(-c2ccc3c(c2)CCC3)cc1. The van der Waals surface area contributed by atoms with E-state index in [1.54, 1.807) is 0 Å². The van der Waals surface area contributed by atoms with Crippen LogP contribution < -0.4 is 5.73 Å². The summed E-state index contributed by atoms with van der Waals surface area (Å²) in [6.07, 6.45) is 4.78. The van der Waals surface area contributed by atoms with Crippen molar-refractivity contribution < 1.29 is 0 Å². The van der Waals surface area contributed by atoms with Crippen LogP contribution in [0.25, 0.3) is 11.1 Å². The van der Waals surface area contributed by atoms with Gasteiger partial charge in [0.1, 0.15) is 0 Å². The molecule has 2 aromatic rings. The fourth-order valence-corrected chi connectivity index (χ4v) is 2.91. The maximum absolute atomic E-state index is 6.06. The zero-order valence-corrected chi connectivity index (χ0v) is 11.5. The van der Waals surface area contributed by atoms with Gasteiger partial charge >= 0.3 is 0 Å². The van der Waals surface area contributed by atoms with Crippen LogP contribution in [0.2, 0.25) is 0 Å². The monoisotopic (exact) mass is 251 g/mol. The van der Waals surface area contributed by atoms with Gasteiger partial charge in [-0.05, 0) is 53.5 Å². The molecule has 0 amide bonds. The maximum Gasteiger partial charge on any atom is 0.0292 e. The van der Waals surface area contributed by atoms with E-state index in [1.165, 1.54) is 47.1 Å². The molecule has 3 rings (SSSR count). The third kappa shape index (κ3) is 2.43. The number of fused-ring (bicyclic) bond motifs is 1. The molecule has 0 spiro atoms. The molecule has 0 fully saturated rings. The van der Waals surface area contributed by atoms with Gasteiger partial charge in [0.25, 0.3) is 0 Å². The molecular weight excluding hydrogens is 230 g/mol. The average Bonchev–Trinajstić information content (AvgIpc) is 2.94. The number of rotatable bonds is 3. The van der Waals surface area contributed by atoms with E-state index < -0.39 is 0 Å². The van der Waals surface area contributed by atoms with Gasteiger partial charge in [0, 0.05) is 6.04 Å². The maximum atomic E-state index is 6.06. The Morgan fingerprint density at radius 3 is 2.37 bits per heavy atom. The molecule has 0 radical (unpaired) electrons. The molecule has 0 bridgehead atoms. The molecule has 2 N–H and O–H groups in total. The van der Waals surface area contributed by atoms with Gasteiger partial charge in [-0.3, -0.25) is 0 Å². The second-order valence-electron chi connectivity index (χ2n) is 5.47. The molecular formula is C18H21N. The van der Waals surface area contributed by atoms with Crippen molar-refractivity contribution >= 4 is 0 Å². The summed E-state index contributed by atoms with van der Waals surface area (Å²) in [6.45, 7) is 2.12. The third-order valence-corrected chi connectivity index (χ3v) is 4.21. The number of aryl methyl sites for hydroxylation is 2. The minimum Gasteiger partial charge on any atom is -0.324 e. The quantitative estimate of drug-likeness (QED) is 0.867. The largest absolute Gasteiger partial charge is 0.324 e. The zero-order valence-electron chi connectivity index (χ0n) is 11.5. The number of benzene rings is 2. The van der Waals surface area contributed by atoms with Crippen molar-refractivity contribution in [1.82, 2.24) is 0 Å². The van der Waals surface area contributed by atoms with E-state index >= 15 is 0 Å². The molecule has 0 heterocycles. The molecule has 98 valence electrons. The van der Waals surface area contributed by atoms with Crippen LogP contribution in [0.15, 0.2) is 42.5 Å². The van der Waals surface area contributed by atoms with E-state index in [0.717, 1.165) is 6.42 Å². The molecule has 0 saturated carbocycles. The summed E-state index contributed by atoms with van der Waals surface area (Å²) in [6, 6.07) is 15.8. The van der Waals surface area contributed by atoms with Crippen molar-refractivity contribution in [2.24, 2.45) is 5.73 Å². The third-order valence-electron chi connectivity index (χ3n) is 4.21. The second-order valence-corrected chi connectivity index (χ2v) is 5.47. The summed E-state index contributed by atoms with van der Waals surface area (Å²) in [5.74, 6) is 0. The predicted molar refractivity (Wildman–Crippen MR) is 81.1 cm³/mol. The molecule has 19 heavy (non-hydrogen) atoms. The summed E-state index contributed by atoms with van der Waals surface area (Å²) in [5, 5.41) is 0.